The summed E-state index contributed by atoms with van der Waals surface area (Å²) in [6, 6.07) is 5.28. The molecular weight excluding hydrogens is 248 g/mol. The molecule has 0 saturated carbocycles. The summed E-state index contributed by atoms with van der Waals surface area (Å²) in [5.74, 6) is 1.50. The number of benzene rings is 1. The van der Waals surface area contributed by atoms with Crippen LogP contribution in [-0.4, -0.2) is 19.2 Å². The number of nitrogens with zero attached hydrogens (tertiary/aromatic N) is 1. The lowest BCUT2D eigenvalue weighted by molar-refractivity contribution is 0.397. The molecule has 2 N–H and O–H groups in total. The van der Waals surface area contributed by atoms with E-state index in [2.05, 4.69) is 4.98 Å². The Morgan fingerprint density at radius 3 is 2.61 bits per heavy atom. The highest BCUT2D eigenvalue weighted by Crippen LogP contribution is 2.31. The minimum atomic E-state index is -0.306. The van der Waals surface area contributed by atoms with Gasteiger partial charge in [0.2, 0.25) is 0 Å². The standard InChI is InChI=1S/C13H16N2O2S/c1-8-15-11(7-18-8)13(14)10-6-9(16-2)4-5-12(10)17-3/h4-7,13H,14H2,1-3H3. The van der Waals surface area contributed by atoms with Crippen LogP contribution in [0.4, 0.5) is 0 Å². The van der Waals surface area contributed by atoms with E-state index in [1.54, 1.807) is 25.6 Å². The smallest absolute Gasteiger partial charge is 0.124 e. The van der Waals surface area contributed by atoms with Crippen LogP contribution in [0.2, 0.25) is 0 Å². The third-order valence-electron chi connectivity index (χ3n) is 2.73. The normalized spacial score (nSPS) is 12.2. The summed E-state index contributed by atoms with van der Waals surface area (Å²) in [6.07, 6.45) is 0. The predicted molar refractivity (Wildman–Crippen MR) is 72.4 cm³/mol. The zero-order valence-corrected chi connectivity index (χ0v) is 11.5. The Morgan fingerprint density at radius 2 is 2.06 bits per heavy atom. The van der Waals surface area contributed by atoms with Crippen molar-refractivity contribution in [3.05, 3.63) is 39.8 Å². The highest BCUT2D eigenvalue weighted by Gasteiger charge is 2.17. The third kappa shape index (κ3) is 2.47. The van der Waals surface area contributed by atoms with Crippen molar-refractivity contribution in [3.8, 4) is 11.5 Å². The number of methoxy groups -OCH3 is 2. The lowest BCUT2D eigenvalue weighted by atomic mass is 10.0. The Hall–Kier alpha value is -1.59. The first-order valence-electron chi connectivity index (χ1n) is 5.55. The number of thiazole rings is 1. The largest absolute Gasteiger partial charge is 0.497 e. The summed E-state index contributed by atoms with van der Waals surface area (Å²) in [6.45, 7) is 1.96. The summed E-state index contributed by atoms with van der Waals surface area (Å²) in [4.78, 5) is 4.42. The van der Waals surface area contributed by atoms with Crippen LogP contribution in [0.25, 0.3) is 0 Å². The fourth-order valence-corrected chi connectivity index (χ4v) is 2.41. The Balaban J connectivity index is 2.41. The molecule has 1 aromatic heterocycles. The second-order valence-electron chi connectivity index (χ2n) is 3.88. The molecule has 0 aliphatic rings. The van der Waals surface area contributed by atoms with Crippen LogP contribution in [0, 0.1) is 6.92 Å². The molecule has 18 heavy (non-hydrogen) atoms. The van der Waals surface area contributed by atoms with Crippen LogP contribution < -0.4 is 15.2 Å². The van der Waals surface area contributed by atoms with Gasteiger partial charge in [-0.15, -0.1) is 11.3 Å². The van der Waals surface area contributed by atoms with Crippen molar-refractivity contribution in [1.82, 2.24) is 4.98 Å². The van der Waals surface area contributed by atoms with Gasteiger partial charge in [0.1, 0.15) is 11.5 Å². The lowest BCUT2D eigenvalue weighted by Crippen LogP contribution is -2.13. The molecule has 2 aromatic rings. The van der Waals surface area contributed by atoms with Crippen LogP contribution in [0.5, 0.6) is 11.5 Å². The van der Waals surface area contributed by atoms with Crippen LogP contribution in [-0.2, 0) is 0 Å². The van der Waals surface area contributed by atoms with E-state index in [0.717, 1.165) is 27.8 Å². The molecule has 1 atom stereocenters. The zero-order chi connectivity index (χ0) is 13.1. The summed E-state index contributed by atoms with van der Waals surface area (Å²) in [7, 11) is 3.26. The van der Waals surface area contributed by atoms with E-state index in [0.29, 0.717) is 0 Å². The van der Waals surface area contributed by atoms with E-state index < -0.39 is 0 Å². The number of aromatic nitrogens is 1. The Labute approximate surface area is 110 Å². The van der Waals surface area contributed by atoms with Gasteiger partial charge in [0.25, 0.3) is 0 Å². The number of nitrogens with two attached hydrogens (primary N) is 1. The maximum absolute atomic E-state index is 6.24. The van der Waals surface area contributed by atoms with Crippen LogP contribution in [0.1, 0.15) is 22.3 Å². The molecule has 0 spiro atoms. The average molecular weight is 264 g/mol. The SMILES string of the molecule is COc1ccc(OC)c(C(N)c2csc(C)n2)c1. The number of hydrogen-bond donors (Lipinski definition) is 1. The first-order valence-corrected chi connectivity index (χ1v) is 6.43. The summed E-state index contributed by atoms with van der Waals surface area (Å²) in [5, 5.41) is 2.97. The second-order valence-corrected chi connectivity index (χ2v) is 4.94. The maximum Gasteiger partial charge on any atom is 0.124 e. The molecule has 0 saturated heterocycles. The van der Waals surface area contributed by atoms with Crippen molar-refractivity contribution in [3.63, 3.8) is 0 Å². The zero-order valence-electron chi connectivity index (χ0n) is 10.6. The van der Waals surface area contributed by atoms with E-state index in [1.807, 2.05) is 30.5 Å². The Kier molecular flexibility index (Phi) is 3.84. The summed E-state index contributed by atoms with van der Waals surface area (Å²) >= 11 is 1.59. The number of hydrogen-bond acceptors (Lipinski definition) is 5. The molecular formula is C13H16N2O2S. The molecule has 5 heteroatoms. The monoisotopic (exact) mass is 264 g/mol. The van der Waals surface area contributed by atoms with E-state index in [9.17, 15) is 0 Å². The molecule has 0 fully saturated rings. The number of aryl methyl sites for hydroxylation is 1. The van der Waals surface area contributed by atoms with Gasteiger partial charge in [-0.2, -0.15) is 0 Å². The third-order valence-corrected chi connectivity index (χ3v) is 3.52. The quantitative estimate of drug-likeness (QED) is 0.922. The van der Waals surface area contributed by atoms with Crippen LogP contribution >= 0.6 is 11.3 Å². The molecule has 0 aliphatic carbocycles. The van der Waals surface area contributed by atoms with Gasteiger partial charge in [-0.25, -0.2) is 4.98 Å². The maximum atomic E-state index is 6.24. The van der Waals surface area contributed by atoms with Crippen molar-refractivity contribution in [1.29, 1.82) is 0 Å². The number of ether oxygens (including phenoxy) is 2. The van der Waals surface area contributed by atoms with Gasteiger partial charge in [-0.1, -0.05) is 0 Å². The van der Waals surface area contributed by atoms with Crippen molar-refractivity contribution >= 4 is 11.3 Å². The Bertz CT molecular complexity index is 540. The highest BCUT2D eigenvalue weighted by molar-refractivity contribution is 7.09. The first kappa shape index (κ1) is 12.9. The van der Waals surface area contributed by atoms with Gasteiger partial charge in [-0.3, -0.25) is 0 Å². The van der Waals surface area contributed by atoms with Crippen LogP contribution in [0.15, 0.2) is 23.6 Å². The molecule has 2 rings (SSSR count). The van der Waals surface area contributed by atoms with Gasteiger partial charge in [-0.05, 0) is 25.1 Å². The van der Waals surface area contributed by atoms with Crippen molar-refractivity contribution in [2.45, 2.75) is 13.0 Å². The average Bonchev–Trinajstić information content (AvgIpc) is 2.83. The molecule has 0 amide bonds. The van der Waals surface area contributed by atoms with Gasteiger partial charge in [0, 0.05) is 10.9 Å². The van der Waals surface area contributed by atoms with Crippen molar-refractivity contribution < 1.29 is 9.47 Å². The predicted octanol–water partition coefficient (Wildman–Crippen LogP) is 2.52. The topological polar surface area (TPSA) is 57.4 Å². The van der Waals surface area contributed by atoms with E-state index in [-0.39, 0.29) is 6.04 Å². The fourth-order valence-electron chi connectivity index (χ4n) is 1.76. The summed E-state index contributed by atoms with van der Waals surface area (Å²) in [5.41, 5.74) is 7.97. The fraction of sp³-hybridized carbons (Fsp3) is 0.308. The van der Waals surface area contributed by atoms with E-state index in [4.69, 9.17) is 15.2 Å². The van der Waals surface area contributed by atoms with Crippen molar-refractivity contribution in [2.75, 3.05) is 14.2 Å². The lowest BCUT2D eigenvalue weighted by Gasteiger charge is -2.15. The van der Waals surface area contributed by atoms with Crippen molar-refractivity contribution in [2.24, 2.45) is 5.73 Å². The van der Waals surface area contributed by atoms with Gasteiger partial charge < -0.3 is 15.2 Å². The van der Waals surface area contributed by atoms with Gasteiger partial charge >= 0.3 is 0 Å². The second kappa shape index (κ2) is 5.37. The minimum Gasteiger partial charge on any atom is -0.497 e. The van der Waals surface area contributed by atoms with Gasteiger partial charge in [0.05, 0.1) is 31.0 Å². The number of rotatable bonds is 4. The minimum absolute atomic E-state index is 0.306. The van der Waals surface area contributed by atoms with Gasteiger partial charge in [0.15, 0.2) is 0 Å². The summed E-state index contributed by atoms with van der Waals surface area (Å²) < 4.78 is 10.6. The highest BCUT2D eigenvalue weighted by atomic mass is 32.1. The van der Waals surface area contributed by atoms with E-state index in [1.165, 1.54) is 0 Å². The molecule has 1 heterocycles. The molecule has 4 nitrogen and oxygen atoms in total. The molecule has 0 aliphatic heterocycles. The van der Waals surface area contributed by atoms with Crippen LogP contribution in [0.3, 0.4) is 0 Å². The molecule has 1 aromatic carbocycles. The molecule has 96 valence electrons. The molecule has 0 bridgehead atoms. The molecule has 0 radical (unpaired) electrons. The Morgan fingerprint density at radius 1 is 1.28 bits per heavy atom. The molecule has 1 unspecified atom stereocenters. The first-order chi connectivity index (χ1) is 8.65. The van der Waals surface area contributed by atoms with E-state index >= 15 is 0 Å².